The van der Waals surface area contributed by atoms with Crippen molar-refractivity contribution in [3.63, 3.8) is 0 Å². The van der Waals surface area contributed by atoms with Crippen LogP contribution >= 0.6 is 52.0 Å². The van der Waals surface area contributed by atoms with Crippen LogP contribution in [0.1, 0.15) is 13.8 Å². The molecule has 0 saturated heterocycles. The van der Waals surface area contributed by atoms with Crippen LogP contribution in [0.4, 0.5) is 0 Å². The molecule has 0 saturated carbocycles. The minimum absolute atomic E-state index is 0. The van der Waals surface area contributed by atoms with E-state index in [-0.39, 0.29) is 17.6 Å². The van der Waals surface area contributed by atoms with E-state index < -0.39 is 5.69 Å². The number of hydrogen-bond acceptors (Lipinski definition) is 5. The molecule has 116 valence electrons. The standard InChI is InChI=1S/C11H15Cl2O2PS3.GeH4/c1-3-14-16(17,15-4-2)19-8-18-11-7-9(12)5-6-10(11)13;/h5-7H,3-4,8H2,1-2H3;1H4. The molecule has 0 spiro atoms. The summed E-state index contributed by atoms with van der Waals surface area (Å²) in [5.41, 5.74) is -2.23. The van der Waals surface area contributed by atoms with Crippen LogP contribution in [0, 0.1) is 0 Å². The van der Waals surface area contributed by atoms with Gasteiger partial charge in [-0.2, -0.15) is 0 Å². The van der Waals surface area contributed by atoms with Gasteiger partial charge in [0.2, 0.25) is 5.69 Å². The number of halogens is 2. The summed E-state index contributed by atoms with van der Waals surface area (Å²) in [4.78, 5) is 0.941. The number of hydrogen-bond donors (Lipinski definition) is 0. The topological polar surface area (TPSA) is 18.5 Å². The zero-order chi connectivity index (χ0) is 14.3. The van der Waals surface area contributed by atoms with Crippen molar-refractivity contribution in [2.24, 2.45) is 0 Å². The average molecular weight is 454 g/mol. The maximum atomic E-state index is 6.10. The summed E-state index contributed by atoms with van der Waals surface area (Å²) < 4.78 is 11.1. The van der Waals surface area contributed by atoms with E-state index in [2.05, 4.69) is 0 Å². The third-order valence-corrected chi connectivity index (χ3v) is 9.69. The van der Waals surface area contributed by atoms with Gasteiger partial charge in [0.1, 0.15) is 0 Å². The Morgan fingerprint density at radius 1 is 1.20 bits per heavy atom. The molecule has 0 atom stereocenters. The van der Waals surface area contributed by atoms with Gasteiger partial charge in [0.25, 0.3) is 0 Å². The van der Waals surface area contributed by atoms with Gasteiger partial charge < -0.3 is 9.05 Å². The molecule has 1 rings (SSSR count). The number of thioether (sulfide) groups is 1. The first-order chi connectivity index (χ1) is 9.00. The van der Waals surface area contributed by atoms with Gasteiger partial charge in [0.05, 0.1) is 23.3 Å². The van der Waals surface area contributed by atoms with Crippen LogP contribution in [0.2, 0.25) is 10.0 Å². The van der Waals surface area contributed by atoms with Crippen LogP contribution in [0.25, 0.3) is 0 Å². The van der Waals surface area contributed by atoms with E-state index in [1.54, 1.807) is 23.9 Å². The Balaban J connectivity index is 0.00000361. The van der Waals surface area contributed by atoms with E-state index >= 15 is 0 Å². The molecule has 0 fully saturated rings. The predicted molar refractivity (Wildman–Crippen MR) is 104 cm³/mol. The van der Waals surface area contributed by atoms with E-state index in [4.69, 9.17) is 44.1 Å². The fourth-order valence-corrected chi connectivity index (χ4v) is 8.71. The molecule has 0 aromatic heterocycles. The van der Waals surface area contributed by atoms with Crippen molar-refractivity contribution in [3.8, 4) is 0 Å². The van der Waals surface area contributed by atoms with E-state index in [1.165, 1.54) is 11.4 Å². The van der Waals surface area contributed by atoms with Crippen LogP contribution < -0.4 is 0 Å². The van der Waals surface area contributed by atoms with Gasteiger partial charge >= 0.3 is 17.6 Å². The van der Waals surface area contributed by atoms with E-state index in [0.717, 1.165) is 9.98 Å². The third-order valence-electron chi connectivity index (χ3n) is 1.89. The van der Waals surface area contributed by atoms with Crippen molar-refractivity contribution in [2.75, 3.05) is 18.3 Å². The third kappa shape index (κ3) is 7.75. The van der Waals surface area contributed by atoms with Gasteiger partial charge in [-0.15, -0.1) is 11.8 Å². The monoisotopic (exact) mass is 454 g/mol. The SMILES string of the molecule is CCOP(=S)(OCC)SCSc1cc(Cl)ccc1Cl.[GeH4]. The van der Waals surface area contributed by atoms with Crippen LogP contribution in [-0.2, 0) is 20.9 Å². The molecular formula is C11H19Cl2GeO2PS3. The second-order valence-corrected chi connectivity index (χ2v) is 11.8. The van der Waals surface area contributed by atoms with Crippen LogP contribution in [0.3, 0.4) is 0 Å². The summed E-state index contributed by atoms with van der Waals surface area (Å²) in [6, 6.07) is 5.41. The zero-order valence-corrected chi connectivity index (χ0v) is 15.5. The molecule has 0 heterocycles. The molecular weight excluding hydrogens is 435 g/mol. The van der Waals surface area contributed by atoms with Crippen molar-refractivity contribution in [3.05, 3.63) is 28.2 Å². The molecule has 0 aliphatic carbocycles. The molecule has 0 bridgehead atoms. The van der Waals surface area contributed by atoms with Gasteiger partial charge in [-0.3, -0.25) is 0 Å². The molecule has 0 amide bonds. The van der Waals surface area contributed by atoms with E-state index in [0.29, 0.717) is 23.3 Å². The Morgan fingerprint density at radius 2 is 1.80 bits per heavy atom. The van der Waals surface area contributed by atoms with Gasteiger partial charge in [-0.05, 0) is 43.9 Å². The Hall–Kier alpha value is 1.61. The molecule has 0 N–H and O–H groups in total. The van der Waals surface area contributed by atoms with E-state index in [9.17, 15) is 0 Å². The first kappa shape index (κ1) is 21.6. The summed E-state index contributed by atoms with van der Waals surface area (Å²) in [7, 11) is 0. The summed E-state index contributed by atoms with van der Waals surface area (Å²) in [5, 5.41) is 2.08. The summed E-state index contributed by atoms with van der Waals surface area (Å²) in [6.07, 6.45) is 0. The molecule has 1 aromatic rings. The van der Waals surface area contributed by atoms with Gasteiger partial charge in [0, 0.05) is 9.92 Å². The fraction of sp³-hybridized carbons (Fsp3) is 0.455. The minimum atomic E-state index is -2.23. The molecule has 0 aliphatic heterocycles. The predicted octanol–water partition coefficient (Wildman–Crippen LogP) is 4.62. The number of benzene rings is 1. The molecule has 0 radical (unpaired) electrons. The second-order valence-electron chi connectivity index (χ2n) is 3.25. The summed E-state index contributed by atoms with van der Waals surface area (Å²) in [6.45, 7) is 4.96. The normalized spacial score (nSPS) is 11.2. The zero-order valence-electron chi connectivity index (χ0n) is 10.6. The van der Waals surface area contributed by atoms with Crippen LogP contribution in [0.5, 0.6) is 0 Å². The Morgan fingerprint density at radius 3 is 2.35 bits per heavy atom. The van der Waals surface area contributed by atoms with Gasteiger partial charge in [0.15, 0.2) is 0 Å². The van der Waals surface area contributed by atoms with Crippen molar-refractivity contribution in [2.45, 2.75) is 18.7 Å². The second kappa shape index (κ2) is 11.2. The van der Waals surface area contributed by atoms with Crippen molar-refractivity contribution < 1.29 is 9.05 Å². The van der Waals surface area contributed by atoms with Gasteiger partial charge in [-0.1, -0.05) is 34.6 Å². The molecule has 1 aromatic carbocycles. The Kier molecular flexibility index (Phi) is 12.1. The maximum absolute atomic E-state index is 6.10. The Bertz CT molecular complexity index is 455. The molecule has 9 heteroatoms. The van der Waals surface area contributed by atoms with Crippen molar-refractivity contribution in [1.29, 1.82) is 0 Å². The number of rotatable bonds is 8. The molecule has 2 nitrogen and oxygen atoms in total. The van der Waals surface area contributed by atoms with E-state index in [1.807, 2.05) is 19.9 Å². The summed E-state index contributed by atoms with van der Waals surface area (Å²) in [5.74, 6) is 0. The quantitative estimate of drug-likeness (QED) is 0.247. The Labute approximate surface area is 154 Å². The average Bonchev–Trinajstić information content (AvgIpc) is 2.34. The van der Waals surface area contributed by atoms with Crippen LogP contribution in [-0.4, -0.2) is 35.9 Å². The molecule has 0 aliphatic rings. The van der Waals surface area contributed by atoms with Crippen LogP contribution in [0.15, 0.2) is 23.1 Å². The molecule has 0 unspecified atom stereocenters. The van der Waals surface area contributed by atoms with Gasteiger partial charge in [-0.25, -0.2) is 0 Å². The molecule has 20 heavy (non-hydrogen) atoms. The van der Waals surface area contributed by atoms with Crippen molar-refractivity contribution in [1.82, 2.24) is 0 Å². The first-order valence-electron chi connectivity index (χ1n) is 5.62. The first-order valence-corrected chi connectivity index (χ1v) is 11.6. The summed E-state index contributed by atoms with van der Waals surface area (Å²) >= 11 is 20.6. The van der Waals surface area contributed by atoms with Crippen molar-refractivity contribution >= 4 is 81.4 Å². The fourth-order valence-electron chi connectivity index (χ4n) is 1.17.